The Bertz CT molecular complexity index is 660. The van der Waals surface area contributed by atoms with Crippen LogP contribution >= 0.6 is 11.8 Å². The van der Waals surface area contributed by atoms with Crippen LogP contribution in [-0.4, -0.2) is 69.0 Å². The molecule has 0 aromatic heterocycles. The van der Waals surface area contributed by atoms with Crippen LogP contribution in [0.15, 0.2) is 0 Å². The number of hydrogen-bond acceptors (Lipinski definition) is 5. The summed E-state index contributed by atoms with van der Waals surface area (Å²) in [5, 5.41) is 15.9. The summed E-state index contributed by atoms with van der Waals surface area (Å²) in [4.78, 5) is 41.4. The van der Waals surface area contributed by atoms with Crippen LogP contribution in [0, 0.1) is 11.8 Å². The Kier molecular flexibility index (Phi) is 6.83. The molecule has 7 atom stereocenters. The van der Waals surface area contributed by atoms with E-state index >= 15 is 0 Å². The molecular formula is C21H35N3O4S. The normalized spacial score (nSPS) is 34.8. The molecule has 164 valence electrons. The van der Waals surface area contributed by atoms with Gasteiger partial charge in [-0.05, 0) is 39.5 Å². The first-order valence-corrected chi connectivity index (χ1v) is 11.9. The lowest BCUT2D eigenvalue weighted by molar-refractivity contribution is -0.142. The number of nitrogens with one attached hydrogen (secondary N) is 2. The number of aliphatic hydroxyl groups is 1. The first-order valence-electron chi connectivity index (χ1n) is 11.0. The first kappa shape index (κ1) is 22.4. The van der Waals surface area contributed by atoms with Crippen LogP contribution in [0.5, 0.6) is 0 Å². The van der Waals surface area contributed by atoms with E-state index in [4.69, 9.17) is 0 Å². The number of aliphatic hydroxyl groups excluding tert-OH is 1. The maximum absolute atomic E-state index is 13.5. The summed E-state index contributed by atoms with van der Waals surface area (Å²) in [6.07, 6.45) is 4.27. The Balaban J connectivity index is 1.94. The van der Waals surface area contributed by atoms with Gasteiger partial charge in [0, 0.05) is 17.8 Å². The lowest BCUT2D eigenvalue weighted by atomic mass is 9.70. The molecule has 3 amide bonds. The maximum Gasteiger partial charge on any atom is 0.244 e. The van der Waals surface area contributed by atoms with Gasteiger partial charge in [0.25, 0.3) is 0 Å². The van der Waals surface area contributed by atoms with Crippen molar-refractivity contribution in [3.05, 3.63) is 0 Å². The van der Waals surface area contributed by atoms with Crippen molar-refractivity contribution in [1.82, 2.24) is 15.5 Å². The first-order chi connectivity index (χ1) is 13.8. The highest BCUT2D eigenvalue weighted by Gasteiger charge is 2.73. The van der Waals surface area contributed by atoms with Gasteiger partial charge in [-0.15, -0.1) is 11.8 Å². The van der Waals surface area contributed by atoms with Gasteiger partial charge in [0.05, 0.1) is 29.2 Å². The highest BCUT2D eigenvalue weighted by molar-refractivity contribution is 8.02. The highest BCUT2D eigenvalue weighted by atomic mass is 32.2. The van der Waals surface area contributed by atoms with Crippen molar-refractivity contribution in [2.45, 2.75) is 87.9 Å². The zero-order valence-corrected chi connectivity index (χ0v) is 18.8. The van der Waals surface area contributed by atoms with Crippen LogP contribution in [0.2, 0.25) is 0 Å². The Morgan fingerprint density at radius 1 is 1.28 bits per heavy atom. The summed E-state index contributed by atoms with van der Waals surface area (Å²) in [5.74, 6) is -1.26. The second-order valence-electron chi connectivity index (χ2n) is 8.82. The molecule has 3 heterocycles. The second-order valence-corrected chi connectivity index (χ2v) is 10.4. The van der Waals surface area contributed by atoms with Gasteiger partial charge in [-0.3, -0.25) is 14.4 Å². The fraction of sp³-hybridized carbons (Fsp3) is 0.857. The highest BCUT2D eigenvalue weighted by Crippen LogP contribution is 2.66. The van der Waals surface area contributed by atoms with Gasteiger partial charge in [0.2, 0.25) is 17.7 Å². The summed E-state index contributed by atoms with van der Waals surface area (Å²) >= 11 is 1.67. The van der Waals surface area contributed by atoms with E-state index in [1.165, 1.54) is 0 Å². The van der Waals surface area contributed by atoms with Gasteiger partial charge >= 0.3 is 0 Å². The summed E-state index contributed by atoms with van der Waals surface area (Å²) < 4.78 is -0.574. The quantitative estimate of drug-likeness (QED) is 0.517. The number of nitrogens with zero attached hydrogens (tertiary/aromatic N) is 1. The zero-order valence-electron chi connectivity index (χ0n) is 17.9. The van der Waals surface area contributed by atoms with E-state index in [0.717, 1.165) is 32.1 Å². The fourth-order valence-corrected chi connectivity index (χ4v) is 7.65. The Labute approximate surface area is 177 Å². The van der Waals surface area contributed by atoms with Crippen molar-refractivity contribution < 1.29 is 19.5 Å². The topological polar surface area (TPSA) is 98.7 Å². The molecule has 3 rings (SSSR count). The Morgan fingerprint density at radius 3 is 2.62 bits per heavy atom. The number of carbonyl (C=O) groups excluding carboxylic acids is 3. The molecule has 29 heavy (non-hydrogen) atoms. The Morgan fingerprint density at radius 2 is 2.00 bits per heavy atom. The fourth-order valence-electron chi connectivity index (χ4n) is 5.45. The molecule has 0 aliphatic carbocycles. The minimum absolute atomic E-state index is 0.0246. The standard InChI is InChI=1S/C21H35N3O4S/c1-5-7-12(3)23-19(27)17-21-9-8-14(29-21)15(18(26)22-10-6-2)16(21)20(28)24(17)13(4)11-25/h12-17,25H,5-11H2,1-4H3,(H,22,26)(H,23,27)/t12?,13-,14-,15+,16+,17?,21?/m1/s1. The molecule has 0 aromatic carbocycles. The average Bonchev–Trinajstić information content (AvgIpc) is 3.32. The molecule has 3 aliphatic rings. The van der Waals surface area contributed by atoms with E-state index in [0.29, 0.717) is 6.54 Å². The summed E-state index contributed by atoms with van der Waals surface area (Å²) in [7, 11) is 0. The molecule has 3 saturated heterocycles. The number of thioether (sulfide) groups is 1. The minimum Gasteiger partial charge on any atom is -0.394 e. The number of likely N-dealkylation sites (tertiary alicyclic amines) is 1. The third-order valence-corrected chi connectivity index (χ3v) is 8.64. The summed E-state index contributed by atoms with van der Waals surface area (Å²) in [5.41, 5.74) is 0. The third kappa shape index (κ3) is 3.67. The van der Waals surface area contributed by atoms with E-state index in [1.807, 2.05) is 13.8 Å². The molecule has 0 radical (unpaired) electrons. The van der Waals surface area contributed by atoms with E-state index in [-0.39, 0.29) is 35.6 Å². The molecule has 0 saturated carbocycles. The zero-order chi connectivity index (χ0) is 21.3. The molecule has 3 N–H and O–H groups in total. The van der Waals surface area contributed by atoms with Crippen LogP contribution in [0.25, 0.3) is 0 Å². The van der Waals surface area contributed by atoms with Gasteiger partial charge in [0.15, 0.2) is 0 Å². The molecule has 3 unspecified atom stereocenters. The van der Waals surface area contributed by atoms with Crippen molar-refractivity contribution in [2.24, 2.45) is 11.8 Å². The molecule has 8 heteroatoms. The van der Waals surface area contributed by atoms with Crippen LogP contribution in [0.4, 0.5) is 0 Å². The van der Waals surface area contributed by atoms with Crippen molar-refractivity contribution in [1.29, 1.82) is 0 Å². The summed E-state index contributed by atoms with van der Waals surface area (Å²) in [6, 6.07) is -1.07. The van der Waals surface area contributed by atoms with E-state index in [2.05, 4.69) is 17.6 Å². The van der Waals surface area contributed by atoms with Crippen LogP contribution in [0.3, 0.4) is 0 Å². The summed E-state index contributed by atoms with van der Waals surface area (Å²) in [6.45, 7) is 8.21. The molecular weight excluding hydrogens is 390 g/mol. The van der Waals surface area contributed by atoms with Crippen molar-refractivity contribution >= 4 is 29.5 Å². The largest absolute Gasteiger partial charge is 0.394 e. The van der Waals surface area contributed by atoms with Gasteiger partial charge < -0.3 is 20.6 Å². The molecule has 3 aliphatic heterocycles. The van der Waals surface area contributed by atoms with Crippen LogP contribution in [-0.2, 0) is 14.4 Å². The van der Waals surface area contributed by atoms with Crippen LogP contribution in [0.1, 0.15) is 59.8 Å². The van der Waals surface area contributed by atoms with E-state index in [1.54, 1.807) is 23.6 Å². The van der Waals surface area contributed by atoms with E-state index < -0.39 is 28.7 Å². The maximum atomic E-state index is 13.5. The number of carbonyl (C=O) groups is 3. The molecule has 3 fully saturated rings. The van der Waals surface area contributed by atoms with Gasteiger partial charge in [-0.1, -0.05) is 20.3 Å². The predicted molar refractivity (Wildman–Crippen MR) is 113 cm³/mol. The van der Waals surface area contributed by atoms with Gasteiger partial charge in [-0.2, -0.15) is 0 Å². The number of fused-ring (bicyclic) bond motifs is 1. The lowest BCUT2D eigenvalue weighted by Crippen LogP contribution is -2.57. The molecule has 2 bridgehead atoms. The number of amides is 3. The average molecular weight is 426 g/mol. The Hall–Kier alpha value is -1.28. The third-order valence-electron chi connectivity index (χ3n) is 6.69. The monoisotopic (exact) mass is 425 g/mol. The predicted octanol–water partition coefficient (Wildman–Crippen LogP) is 1.29. The van der Waals surface area contributed by atoms with Crippen LogP contribution < -0.4 is 10.6 Å². The SMILES string of the molecule is CCCNC(=O)[C@@H]1[C@H]2C(=O)N([C@H](C)CO)C(C(=O)NC(C)CCC)C23CC[C@H]1S3. The number of hydrogen-bond donors (Lipinski definition) is 3. The second kappa shape index (κ2) is 8.84. The smallest absolute Gasteiger partial charge is 0.244 e. The minimum atomic E-state index is -0.638. The lowest BCUT2D eigenvalue weighted by Gasteiger charge is -2.36. The van der Waals surface area contributed by atoms with Crippen molar-refractivity contribution in [3.63, 3.8) is 0 Å². The van der Waals surface area contributed by atoms with Gasteiger partial charge in [0.1, 0.15) is 6.04 Å². The van der Waals surface area contributed by atoms with Crippen molar-refractivity contribution in [2.75, 3.05) is 13.2 Å². The van der Waals surface area contributed by atoms with Gasteiger partial charge in [-0.25, -0.2) is 0 Å². The number of rotatable bonds is 9. The van der Waals surface area contributed by atoms with E-state index in [9.17, 15) is 19.5 Å². The molecule has 0 aromatic rings. The molecule has 1 spiro atoms. The molecule has 7 nitrogen and oxygen atoms in total. The van der Waals surface area contributed by atoms with Crippen molar-refractivity contribution in [3.8, 4) is 0 Å².